The summed E-state index contributed by atoms with van der Waals surface area (Å²) in [6, 6.07) is 6.46. The third-order valence-corrected chi connectivity index (χ3v) is 5.42. The second-order valence-corrected chi connectivity index (χ2v) is 9.34. The molecule has 6 nitrogen and oxygen atoms in total. The lowest BCUT2D eigenvalue weighted by Gasteiger charge is -2.24. The SMILES string of the molecule is Cc1ccc(S(=O)(=O)NCC2OCC(NCC(C)(C)C)C2O)cc1. The van der Waals surface area contributed by atoms with Gasteiger partial charge < -0.3 is 15.2 Å². The van der Waals surface area contributed by atoms with Gasteiger partial charge in [0.15, 0.2) is 0 Å². The number of rotatable bonds is 6. The van der Waals surface area contributed by atoms with E-state index in [4.69, 9.17) is 4.74 Å². The summed E-state index contributed by atoms with van der Waals surface area (Å²) < 4.78 is 32.6. The molecule has 136 valence electrons. The van der Waals surface area contributed by atoms with Gasteiger partial charge >= 0.3 is 0 Å². The maximum absolute atomic E-state index is 12.3. The number of nitrogens with one attached hydrogen (secondary N) is 2. The second-order valence-electron chi connectivity index (χ2n) is 7.58. The summed E-state index contributed by atoms with van der Waals surface area (Å²) in [6.45, 7) is 9.39. The Morgan fingerprint density at radius 1 is 1.25 bits per heavy atom. The molecule has 0 radical (unpaired) electrons. The average Bonchev–Trinajstić information content (AvgIpc) is 2.83. The highest BCUT2D eigenvalue weighted by atomic mass is 32.2. The molecular weight excluding hydrogens is 328 g/mol. The van der Waals surface area contributed by atoms with Crippen LogP contribution in [0.15, 0.2) is 29.2 Å². The van der Waals surface area contributed by atoms with Crippen molar-refractivity contribution in [2.75, 3.05) is 19.7 Å². The van der Waals surface area contributed by atoms with Crippen LogP contribution in [0, 0.1) is 12.3 Å². The molecule has 0 aromatic heterocycles. The van der Waals surface area contributed by atoms with Crippen LogP contribution in [0.4, 0.5) is 0 Å². The third-order valence-electron chi connectivity index (χ3n) is 3.98. The molecule has 0 aliphatic carbocycles. The molecule has 1 saturated heterocycles. The van der Waals surface area contributed by atoms with Crippen molar-refractivity contribution in [2.24, 2.45) is 5.41 Å². The Morgan fingerprint density at radius 2 is 1.88 bits per heavy atom. The van der Waals surface area contributed by atoms with Crippen LogP contribution < -0.4 is 10.0 Å². The van der Waals surface area contributed by atoms with Crippen molar-refractivity contribution >= 4 is 10.0 Å². The summed E-state index contributed by atoms with van der Waals surface area (Å²) in [5, 5.41) is 13.6. The van der Waals surface area contributed by atoms with Crippen LogP contribution in [-0.2, 0) is 14.8 Å². The first kappa shape index (κ1) is 19.3. The number of hydrogen-bond acceptors (Lipinski definition) is 5. The predicted octanol–water partition coefficient (Wildman–Crippen LogP) is 1.04. The molecule has 0 bridgehead atoms. The lowest BCUT2D eigenvalue weighted by Crippen LogP contribution is -2.46. The van der Waals surface area contributed by atoms with E-state index in [0.717, 1.165) is 12.1 Å². The topological polar surface area (TPSA) is 87.7 Å². The van der Waals surface area contributed by atoms with Gasteiger partial charge in [0.05, 0.1) is 29.8 Å². The standard InChI is InChI=1S/C17H28N2O4S/c1-12-5-7-13(8-6-12)24(21,22)19-9-15-16(20)14(10-23-15)18-11-17(2,3)4/h5-8,14-16,18-20H,9-11H2,1-4H3. The van der Waals surface area contributed by atoms with Crippen LogP contribution in [0.1, 0.15) is 26.3 Å². The Balaban J connectivity index is 1.89. The monoisotopic (exact) mass is 356 g/mol. The number of ether oxygens (including phenoxy) is 1. The summed E-state index contributed by atoms with van der Waals surface area (Å²) in [6.07, 6.45) is -1.30. The molecule has 2 rings (SSSR count). The van der Waals surface area contributed by atoms with Gasteiger partial charge in [-0.15, -0.1) is 0 Å². The Labute approximate surface area is 144 Å². The smallest absolute Gasteiger partial charge is 0.240 e. The van der Waals surface area contributed by atoms with Crippen LogP contribution >= 0.6 is 0 Å². The molecule has 1 aliphatic rings. The van der Waals surface area contributed by atoms with Crippen LogP contribution in [-0.4, -0.2) is 51.5 Å². The highest BCUT2D eigenvalue weighted by molar-refractivity contribution is 7.89. The number of sulfonamides is 1. The summed E-state index contributed by atoms with van der Waals surface area (Å²) in [5.74, 6) is 0. The molecule has 0 saturated carbocycles. The second kappa shape index (κ2) is 7.49. The summed E-state index contributed by atoms with van der Waals surface area (Å²) >= 11 is 0. The summed E-state index contributed by atoms with van der Waals surface area (Å²) in [4.78, 5) is 0.211. The lowest BCUT2D eigenvalue weighted by atomic mass is 9.96. The number of aryl methyl sites for hydroxylation is 1. The van der Waals surface area contributed by atoms with Gasteiger partial charge in [0.25, 0.3) is 0 Å². The zero-order chi connectivity index (χ0) is 18.0. The molecule has 0 spiro atoms. The van der Waals surface area contributed by atoms with Gasteiger partial charge in [-0.2, -0.15) is 0 Å². The molecule has 7 heteroatoms. The van der Waals surface area contributed by atoms with E-state index >= 15 is 0 Å². The Morgan fingerprint density at radius 3 is 2.46 bits per heavy atom. The molecule has 1 aromatic carbocycles. The zero-order valence-electron chi connectivity index (χ0n) is 14.7. The van der Waals surface area contributed by atoms with E-state index in [-0.39, 0.29) is 22.9 Å². The van der Waals surface area contributed by atoms with E-state index < -0.39 is 22.2 Å². The number of aliphatic hydroxyl groups is 1. The van der Waals surface area contributed by atoms with Gasteiger partial charge in [0, 0.05) is 13.1 Å². The maximum Gasteiger partial charge on any atom is 0.240 e. The molecule has 24 heavy (non-hydrogen) atoms. The first-order valence-electron chi connectivity index (χ1n) is 8.18. The van der Waals surface area contributed by atoms with Crippen molar-refractivity contribution in [3.63, 3.8) is 0 Å². The van der Waals surface area contributed by atoms with Crippen molar-refractivity contribution in [1.29, 1.82) is 0 Å². The highest BCUT2D eigenvalue weighted by Gasteiger charge is 2.36. The quantitative estimate of drug-likeness (QED) is 0.709. The number of benzene rings is 1. The number of aliphatic hydroxyl groups excluding tert-OH is 1. The van der Waals surface area contributed by atoms with E-state index in [1.165, 1.54) is 0 Å². The van der Waals surface area contributed by atoms with Gasteiger partial charge in [0.1, 0.15) is 0 Å². The van der Waals surface area contributed by atoms with Crippen molar-refractivity contribution in [1.82, 2.24) is 10.0 Å². The van der Waals surface area contributed by atoms with E-state index in [1.807, 2.05) is 6.92 Å². The average molecular weight is 356 g/mol. The normalized spacial score (nSPS) is 25.1. The van der Waals surface area contributed by atoms with Crippen molar-refractivity contribution in [3.8, 4) is 0 Å². The summed E-state index contributed by atoms with van der Waals surface area (Å²) in [7, 11) is -3.60. The van der Waals surface area contributed by atoms with E-state index in [1.54, 1.807) is 24.3 Å². The van der Waals surface area contributed by atoms with Crippen LogP contribution in [0.3, 0.4) is 0 Å². The predicted molar refractivity (Wildman–Crippen MR) is 93.4 cm³/mol. The van der Waals surface area contributed by atoms with E-state index in [2.05, 4.69) is 30.8 Å². The van der Waals surface area contributed by atoms with E-state index in [9.17, 15) is 13.5 Å². The minimum Gasteiger partial charge on any atom is -0.389 e. The molecule has 1 aliphatic heterocycles. The zero-order valence-corrected chi connectivity index (χ0v) is 15.6. The molecule has 0 amide bonds. The largest absolute Gasteiger partial charge is 0.389 e. The molecule has 3 N–H and O–H groups in total. The van der Waals surface area contributed by atoms with Gasteiger partial charge in [-0.25, -0.2) is 13.1 Å². The van der Waals surface area contributed by atoms with Crippen LogP contribution in [0.25, 0.3) is 0 Å². The fraction of sp³-hybridized carbons (Fsp3) is 0.647. The molecule has 3 atom stereocenters. The third kappa shape index (κ3) is 5.26. The molecule has 1 heterocycles. The molecule has 3 unspecified atom stereocenters. The maximum atomic E-state index is 12.3. The highest BCUT2D eigenvalue weighted by Crippen LogP contribution is 2.18. The Kier molecular flexibility index (Phi) is 6.04. The van der Waals surface area contributed by atoms with Gasteiger partial charge in [-0.05, 0) is 24.5 Å². The van der Waals surface area contributed by atoms with Crippen LogP contribution in [0.5, 0.6) is 0 Å². The molecule has 1 aromatic rings. The minimum absolute atomic E-state index is 0.0467. The van der Waals surface area contributed by atoms with Gasteiger partial charge in [0.2, 0.25) is 10.0 Å². The Hall–Kier alpha value is -0.990. The van der Waals surface area contributed by atoms with Crippen molar-refractivity contribution in [3.05, 3.63) is 29.8 Å². The summed E-state index contributed by atoms with van der Waals surface area (Å²) in [5.41, 5.74) is 1.10. The fourth-order valence-electron chi connectivity index (χ4n) is 2.47. The lowest BCUT2D eigenvalue weighted by molar-refractivity contribution is 0.0441. The van der Waals surface area contributed by atoms with Crippen LogP contribution in [0.2, 0.25) is 0 Å². The van der Waals surface area contributed by atoms with Gasteiger partial charge in [-0.1, -0.05) is 38.5 Å². The first-order valence-corrected chi connectivity index (χ1v) is 9.66. The minimum atomic E-state index is -3.60. The fourth-order valence-corrected chi connectivity index (χ4v) is 3.52. The van der Waals surface area contributed by atoms with Crippen molar-refractivity contribution < 1.29 is 18.3 Å². The van der Waals surface area contributed by atoms with Gasteiger partial charge in [-0.3, -0.25) is 0 Å². The van der Waals surface area contributed by atoms with Crippen molar-refractivity contribution in [2.45, 2.75) is 50.8 Å². The molecular formula is C17H28N2O4S. The Bertz CT molecular complexity index is 638. The van der Waals surface area contributed by atoms with E-state index in [0.29, 0.717) is 6.61 Å². The first-order chi connectivity index (χ1) is 11.1. The molecule has 1 fully saturated rings. The number of hydrogen-bond donors (Lipinski definition) is 3.